The highest BCUT2D eigenvalue weighted by molar-refractivity contribution is 6.63. The van der Waals surface area contributed by atoms with E-state index in [1.165, 1.54) is 0 Å². The first-order valence-corrected chi connectivity index (χ1v) is 8.35. The zero-order chi connectivity index (χ0) is 17.3. The first kappa shape index (κ1) is 16.7. The normalized spacial score (nSPS) is 11.8. The number of hydrogen-bond donors (Lipinski definition) is 0. The molecule has 0 atom stereocenters. The van der Waals surface area contributed by atoms with Crippen LogP contribution in [0.15, 0.2) is 46.9 Å². The van der Waals surface area contributed by atoms with Crippen LogP contribution in [-0.2, 0) is 17.6 Å². The minimum absolute atomic E-state index is 0.138. The summed E-state index contributed by atoms with van der Waals surface area (Å²) in [4.78, 5) is 15.6. The van der Waals surface area contributed by atoms with Gasteiger partial charge in [-0.1, -0.05) is 51.1 Å². The predicted molar refractivity (Wildman–Crippen MR) is 97.2 cm³/mol. The van der Waals surface area contributed by atoms with Gasteiger partial charge in [0.25, 0.3) is 0 Å². The lowest BCUT2D eigenvalue weighted by Gasteiger charge is -2.14. The number of rotatable bonds is 4. The Kier molecular flexibility index (Phi) is 4.46. The van der Waals surface area contributed by atoms with Crippen LogP contribution in [0.5, 0.6) is 0 Å². The van der Waals surface area contributed by atoms with E-state index in [0.717, 1.165) is 40.1 Å². The second-order valence-electron chi connectivity index (χ2n) is 7.26. The van der Waals surface area contributed by atoms with Crippen molar-refractivity contribution >= 4 is 27.9 Å². The van der Waals surface area contributed by atoms with Crippen molar-refractivity contribution < 1.29 is 9.21 Å². The lowest BCUT2D eigenvalue weighted by Crippen LogP contribution is -2.09. The quantitative estimate of drug-likeness (QED) is 0.597. The van der Waals surface area contributed by atoms with E-state index in [9.17, 15) is 4.79 Å². The standard InChI is InChI=1S/C20H20ClNO2/c1-20(2,3)12-19-22-16-11-15(8-9-17(16)24-19)14-6-4-13(5-7-14)10-18(21)23/h4-9,11H,10,12H2,1-3H3. The van der Waals surface area contributed by atoms with E-state index in [1.54, 1.807) is 0 Å². The van der Waals surface area contributed by atoms with Crippen LogP contribution >= 0.6 is 11.6 Å². The molecule has 0 saturated carbocycles. The first-order chi connectivity index (χ1) is 11.3. The Bertz CT molecular complexity index is 873. The van der Waals surface area contributed by atoms with Gasteiger partial charge in [-0.15, -0.1) is 0 Å². The van der Waals surface area contributed by atoms with Crippen molar-refractivity contribution in [1.29, 1.82) is 0 Å². The first-order valence-electron chi connectivity index (χ1n) is 7.97. The average Bonchev–Trinajstić information content (AvgIpc) is 2.86. The maximum absolute atomic E-state index is 11.0. The third-order valence-corrected chi connectivity index (χ3v) is 3.88. The summed E-state index contributed by atoms with van der Waals surface area (Å²) in [5.41, 5.74) is 4.87. The van der Waals surface area contributed by atoms with Gasteiger partial charge < -0.3 is 4.42 Å². The van der Waals surface area contributed by atoms with Crippen LogP contribution in [0.2, 0.25) is 0 Å². The molecule has 0 saturated heterocycles. The Morgan fingerprint density at radius 1 is 1.08 bits per heavy atom. The van der Waals surface area contributed by atoms with Crippen LogP contribution < -0.4 is 0 Å². The Labute approximate surface area is 146 Å². The fraction of sp³-hybridized carbons (Fsp3) is 0.300. The third kappa shape index (κ3) is 4.04. The second-order valence-corrected chi connectivity index (χ2v) is 7.68. The molecule has 0 spiro atoms. The van der Waals surface area contributed by atoms with Crippen molar-refractivity contribution in [2.45, 2.75) is 33.6 Å². The van der Waals surface area contributed by atoms with Gasteiger partial charge in [0.2, 0.25) is 5.24 Å². The van der Waals surface area contributed by atoms with E-state index in [-0.39, 0.29) is 17.1 Å². The van der Waals surface area contributed by atoms with E-state index in [0.29, 0.717) is 0 Å². The average molecular weight is 342 g/mol. The molecule has 3 aromatic rings. The highest BCUT2D eigenvalue weighted by Crippen LogP contribution is 2.27. The second kappa shape index (κ2) is 6.40. The Morgan fingerprint density at radius 3 is 2.38 bits per heavy atom. The molecule has 0 bridgehead atoms. The fourth-order valence-corrected chi connectivity index (χ4v) is 2.81. The number of carbonyl (C=O) groups is 1. The van der Waals surface area contributed by atoms with E-state index < -0.39 is 0 Å². The van der Waals surface area contributed by atoms with E-state index in [1.807, 2.05) is 42.5 Å². The highest BCUT2D eigenvalue weighted by atomic mass is 35.5. The number of nitrogens with zero attached hydrogens (tertiary/aromatic N) is 1. The van der Waals surface area contributed by atoms with Crippen molar-refractivity contribution in [3.63, 3.8) is 0 Å². The zero-order valence-corrected chi connectivity index (χ0v) is 14.9. The minimum Gasteiger partial charge on any atom is -0.441 e. The van der Waals surface area contributed by atoms with Crippen LogP contribution in [0.1, 0.15) is 32.2 Å². The summed E-state index contributed by atoms with van der Waals surface area (Å²) in [6.07, 6.45) is 1.05. The van der Waals surface area contributed by atoms with Crippen molar-refractivity contribution in [2.24, 2.45) is 5.41 Å². The molecule has 0 amide bonds. The molecule has 3 rings (SSSR count). The summed E-state index contributed by atoms with van der Waals surface area (Å²) in [5, 5.41) is -0.349. The van der Waals surface area contributed by atoms with Gasteiger partial charge in [-0.25, -0.2) is 4.98 Å². The lowest BCUT2D eigenvalue weighted by atomic mass is 9.92. The number of carbonyl (C=O) groups excluding carboxylic acids is 1. The van der Waals surface area contributed by atoms with Gasteiger partial charge in [-0.05, 0) is 45.8 Å². The molecule has 0 aliphatic rings. The van der Waals surface area contributed by atoms with Gasteiger partial charge in [0.15, 0.2) is 11.5 Å². The number of aromatic nitrogens is 1. The molecule has 0 aliphatic heterocycles. The van der Waals surface area contributed by atoms with Gasteiger partial charge in [-0.2, -0.15) is 0 Å². The summed E-state index contributed by atoms with van der Waals surface area (Å²) in [6, 6.07) is 13.9. The molecule has 4 heteroatoms. The van der Waals surface area contributed by atoms with Crippen LogP contribution in [0.4, 0.5) is 0 Å². The van der Waals surface area contributed by atoms with Crippen molar-refractivity contribution in [2.75, 3.05) is 0 Å². The molecule has 0 radical (unpaired) electrons. The van der Waals surface area contributed by atoms with Gasteiger partial charge in [-0.3, -0.25) is 4.79 Å². The van der Waals surface area contributed by atoms with Crippen LogP contribution in [0.25, 0.3) is 22.2 Å². The van der Waals surface area contributed by atoms with E-state index in [4.69, 9.17) is 16.0 Å². The number of fused-ring (bicyclic) bond motifs is 1. The van der Waals surface area contributed by atoms with E-state index >= 15 is 0 Å². The monoisotopic (exact) mass is 341 g/mol. The smallest absolute Gasteiger partial charge is 0.226 e. The van der Waals surface area contributed by atoms with Crippen LogP contribution in [-0.4, -0.2) is 10.2 Å². The Balaban J connectivity index is 1.88. The molecule has 0 fully saturated rings. The van der Waals surface area contributed by atoms with Gasteiger partial charge in [0.1, 0.15) is 5.52 Å². The Hall–Kier alpha value is -2.13. The number of benzene rings is 2. The molecule has 3 nitrogen and oxygen atoms in total. The maximum atomic E-state index is 11.0. The summed E-state index contributed by atoms with van der Waals surface area (Å²) in [6.45, 7) is 6.50. The summed E-state index contributed by atoms with van der Waals surface area (Å²) < 4.78 is 5.83. The number of halogens is 1. The van der Waals surface area contributed by atoms with Gasteiger partial charge in [0, 0.05) is 12.8 Å². The molecule has 1 aromatic heterocycles. The topological polar surface area (TPSA) is 43.1 Å². The summed E-state index contributed by atoms with van der Waals surface area (Å²) >= 11 is 5.42. The fourth-order valence-electron chi connectivity index (χ4n) is 2.66. The Morgan fingerprint density at radius 2 is 1.75 bits per heavy atom. The highest BCUT2D eigenvalue weighted by Gasteiger charge is 2.16. The SMILES string of the molecule is CC(C)(C)Cc1nc2cc(-c3ccc(CC(=O)Cl)cc3)ccc2o1. The number of hydrogen-bond acceptors (Lipinski definition) is 3. The molecule has 124 valence electrons. The molecule has 24 heavy (non-hydrogen) atoms. The molecular weight excluding hydrogens is 322 g/mol. The molecule has 2 aromatic carbocycles. The third-order valence-electron chi connectivity index (χ3n) is 3.74. The van der Waals surface area contributed by atoms with Crippen molar-refractivity contribution in [3.05, 3.63) is 53.9 Å². The number of oxazole rings is 1. The van der Waals surface area contributed by atoms with Crippen LogP contribution in [0, 0.1) is 5.41 Å². The van der Waals surface area contributed by atoms with Crippen molar-refractivity contribution in [1.82, 2.24) is 4.98 Å². The van der Waals surface area contributed by atoms with Crippen molar-refractivity contribution in [3.8, 4) is 11.1 Å². The van der Waals surface area contributed by atoms with E-state index in [2.05, 4.69) is 25.8 Å². The van der Waals surface area contributed by atoms with Crippen LogP contribution in [0.3, 0.4) is 0 Å². The lowest BCUT2D eigenvalue weighted by molar-refractivity contribution is -0.111. The molecule has 1 heterocycles. The van der Waals surface area contributed by atoms with Gasteiger partial charge >= 0.3 is 0 Å². The molecular formula is C20H20ClNO2. The molecule has 0 N–H and O–H groups in total. The van der Waals surface area contributed by atoms with Gasteiger partial charge in [0.05, 0.1) is 0 Å². The minimum atomic E-state index is -0.349. The zero-order valence-electron chi connectivity index (χ0n) is 14.1. The summed E-state index contributed by atoms with van der Waals surface area (Å²) in [5.74, 6) is 0.769. The predicted octanol–water partition coefficient (Wildman–Crippen LogP) is 5.39. The maximum Gasteiger partial charge on any atom is 0.226 e. The summed E-state index contributed by atoms with van der Waals surface area (Å²) in [7, 11) is 0. The largest absolute Gasteiger partial charge is 0.441 e. The molecule has 0 unspecified atom stereocenters. The molecule has 0 aliphatic carbocycles.